The molecular formula is C22H17Cl2N3O. The summed E-state index contributed by atoms with van der Waals surface area (Å²) in [5.74, 6) is 0.519. The standard InChI is InChI=1S/C22H17Cl2N3O/c1-27(13-14-6-3-2-4-7-14)22(28)15-10-11-18-19(12-15)26-21(25-18)20-16(23)8-5-9-17(20)24/h2-12H,13H2,1H3,(H,25,26). The molecular weight excluding hydrogens is 393 g/mol. The average molecular weight is 410 g/mol. The van der Waals surface area contributed by atoms with Crippen LogP contribution < -0.4 is 0 Å². The first-order chi connectivity index (χ1) is 13.5. The molecule has 0 aliphatic heterocycles. The van der Waals surface area contributed by atoms with Crippen LogP contribution in [0, 0.1) is 0 Å². The van der Waals surface area contributed by atoms with Gasteiger partial charge in [0.05, 0.1) is 26.6 Å². The Morgan fingerprint density at radius 1 is 1.00 bits per heavy atom. The van der Waals surface area contributed by atoms with Crippen molar-refractivity contribution in [3.05, 3.63) is 87.9 Å². The first-order valence-corrected chi connectivity index (χ1v) is 9.52. The number of aromatic nitrogens is 2. The van der Waals surface area contributed by atoms with Crippen LogP contribution in [0.25, 0.3) is 22.4 Å². The van der Waals surface area contributed by atoms with Crippen LogP contribution in [0.4, 0.5) is 0 Å². The summed E-state index contributed by atoms with van der Waals surface area (Å²) in [6.07, 6.45) is 0. The van der Waals surface area contributed by atoms with Crippen LogP contribution >= 0.6 is 23.2 Å². The highest BCUT2D eigenvalue weighted by Gasteiger charge is 2.16. The first kappa shape index (κ1) is 18.5. The van der Waals surface area contributed by atoms with Gasteiger partial charge >= 0.3 is 0 Å². The molecule has 0 aliphatic rings. The Hall–Kier alpha value is -2.82. The van der Waals surface area contributed by atoms with Gasteiger partial charge in [-0.2, -0.15) is 0 Å². The number of hydrogen-bond donors (Lipinski definition) is 1. The zero-order chi connectivity index (χ0) is 19.7. The molecule has 0 fully saturated rings. The monoisotopic (exact) mass is 409 g/mol. The van der Waals surface area contributed by atoms with Crippen LogP contribution in [0.5, 0.6) is 0 Å². The minimum Gasteiger partial charge on any atom is -0.338 e. The number of halogens is 2. The van der Waals surface area contributed by atoms with Crippen molar-refractivity contribution in [1.29, 1.82) is 0 Å². The summed E-state index contributed by atoms with van der Waals surface area (Å²) >= 11 is 12.6. The van der Waals surface area contributed by atoms with E-state index in [1.165, 1.54) is 0 Å². The van der Waals surface area contributed by atoms with E-state index in [0.717, 1.165) is 16.6 Å². The lowest BCUT2D eigenvalue weighted by atomic mass is 10.1. The van der Waals surface area contributed by atoms with E-state index in [2.05, 4.69) is 9.97 Å². The molecule has 0 unspecified atom stereocenters. The van der Waals surface area contributed by atoms with Crippen LogP contribution in [0.1, 0.15) is 15.9 Å². The lowest BCUT2D eigenvalue weighted by Gasteiger charge is -2.17. The van der Waals surface area contributed by atoms with E-state index in [1.807, 2.05) is 36.4 Å². The Bertz CT molecular complexity index is 1130. The molecule has 0 aliphatic carbocycles. The van der Waals surface area contributed by atoms with Crippen molar-refractivity contribution in [2.45, 2.75) is 6.54 Å². The van der Waals surface area contributed by atoms with Crippen LogP contribution in [-0.4, -0.2) is 27.8 Å². The molecule has 140 valence electrons. The summed E-state index contributed by atoms with van der Waals surface area (Å²) < 4.78 is 0. The molecule has 0 atom stereocenters. The molecule has 1 heterocycles. The van der Waals surface area contributed by atoms with Gasteiger partial charge < -0.3 is 9.88 Å². The number of benzene rings is 3. The van der Waals surface area contributed by atoms with E-state index >= 15 is 0 Å². The number of imidazole rings is 1. The maximum atomic E-state index is 12.8. The second kappa shape index (κ2) is 7.66. The maximum absolute atomic E-state index is 12.8. The topological polar surface area (TPSA) is 49.0 Å². The van der Waals surface area contributed by atoms with E-state index < -0.39 is 0 Å². The SMILES string of the molecule is CN(Cc1ccccc1)C(=O)c1ccc2nc(-c3c(Cl)cccc3Cl)[nH]c2c1. The van der Waals surface area contributed by atoms with E-state index in [0.29, 0.717) is 33.5 Å². The van der Waals surface area contributed by atoms with Crippen molar-refractivity contribution in [3.63, 3.8) is 0 Å². The number of nitrogens with one attached hydrogen (secondary N) is 1. The number of aromatic amines is 1. The molecule has 28 heavy (non-hydrogen) atoms. The lowest BCUT2D eigenvalue weighted by molar-refractivity contribution is 0.0785. The first-order valence-electron chi connectivity index (χ1n) is 8.76. The molecule has 1 N–H and O–H groups in total. The molecule has 6 heteroatoms. The molecule has 4 aromatic rings. The summed E-state index contributed by atoms with van der Waals surface area (Å²) in [6.45, 7) is 0.543. The van der Waals surface area contributed by atoms with Crippen molar-refractivity contribution in [2.75, 3.05) is 7.05 Å². The zero-order valence-corrected chi connectivity index (χ0v) is 16.6. The van der Waals surface area contributed by atoms with Crippen LogP contribution in [0.2, 0.25) is 10.0 Å². The molecule has 0 saturated heterocycles. The smallest absolute Gasteiger partial charge is 0.253 e. The van der Waals surface area contributed by atoms with E-state index in [-0.39, 0.29) is 5.91 Å². The van der Waals surface area contributed by atoms with Crippen molar-refractivity contribution in [3.8, 4) is 11.4 Å². The number of carbonyl (C=O) groups is 1. The van der Waals surface area contributed by atoms with E-state index in [4.69, 9.17) is 23.2 Å². The third-order valence-corrected chi connectivity index (χ3v) is 5.17. The summed E-state index contributed by atoms with van der Waals surface area (Å²) in [5.41, 5.74) is 3.82. The molecule has 0 saturated carbocycles. The summed E-state index contributed by atoms with van der Waals surface area (Å²) in [6, 6.07) is 20.6. The number of rotatable bonds is 4. The zero-order valence-electron chi connectivity index (χ0n) is 15.1. The lowest BCUT2D eigenvalue weighted by Crippen LogP contribution is -2.26. The molecule has 4 nitrogen and oxygen atoms in total. The van der Waals surface area contributed by atoms with Crippen molar-refractivity contribution in [2.24, 2.45) is 0 Å². The summed E-state index contributed by atoms with van der Waals surface area (Å²) in [7, 11) is 1.79. The van der Waals surface area contributed by atoms with Crippen LogP contribution in [-0.2, 0) is 6.54 Å². The van der Waals surface area contributed by atoms with Gasteiger partial charge in [0.25, 0.3) is 5.91 Å². The summed E-state index contributed by atoms with van der Waals surface area (Å²) in [5, 5.41) is 1.04. The normalized spacial score (nSPS) is 11.0. The van der Waals surface area contributed by atoms with Gasteiger partial charge in [0.1, 0.15) is 5.82 Å². The maximum Gasteiger partial charge on any atom is 0.253 e. The molecule has 0 bridgehead atoms. The van der Waals surface area contributed by atoms with Gasteiger partial charge in [-0.1, -0.05) is 59.6 Å². The fraction of sp³-hybridized carbons (Fsp3) is 0.0909. The highest BCUT2D eigenvalue weighted by molar-refractivity contribution is 6.39. The van der Waals surface area contributed by atoms with Crippen molar-refractivity contribution < 1.29 is 4.79 Å². The Morgan fingerprint density at radius 2 is 1.71 bits per heavy atom. The second-order valence-corrected chi connectivity index (χ2v) is 7.38. The predicted octanol–water partition coefficient (Wildman–Crippen LogP) is 5.81. The molecule has 3 aromatic carbocycles. The fourth-order valence-electron chi connectivity index (χ4n) is 3.13. The van der Waals surface area contributed by atoms with Crippen molar-refractivity contribution in [1.82, 2.24) is 14.9 Å². The van der Waals surface area contributed by atoms with Gasteiger partial charge in [-0.3, -0.25) is 4.79 Å². The van der Waals surface area contributed by atoms with Gasteiger partial charge in [0, 0.05) is 19.2 Å². The van der Waals surface area contributed by atoms with E-state index in [9.17, 15) is 4.79 Å². The average Bonchev–Trinajstić information content (AvgIpc) is 3.10. The van der Waals surface area contributed by atoms with Gasteiger partial charge in [0.2, 0.25) is 0 Å². The van der Waals surface area contributed by atoms with Crippen LogP contribution in [0.3, 0.4) is 0 Å². The largest absolute Gasteiger partial charge is 0.338 e. The molecule has 0 spiro atoms. The molecule has 1 aromatic heterocycles. The number of carbonyl (C=O) groups excluding carboxylic acids is 1. The highest BCUT2D eigenvalue weighted by atomic mass is 35.5. The Kier molecular flexibility index (Phi) is 5.07. The number of amides is 1. The molecule has 0 radical (unpaired) electrons. The Labute approximate surface area is 172 Å². The Balaban J connectivity index is 1.64. The number of nitrogens with zero attached hydrogens (tertiary/aromatic N) is 2. The third-order valence-electron chi connectivity index (χ3n) is 4.54. The third kappa shape index (κ3) is 3.61. The quantitative estimate of drug-likeness (QED) is 0.462. The van der Waals surface area contributed by atoms with Crippen LogP contribution in [0.15, 0.2) is 66.7 Å². The van der Waals surface area contributed by atoms with E-state index in [1.54, 1.807) is 42.3 Å². The number of H-pyrrole nitrogens is 1. The number of fused-ring (bicyclic) bond motifs is 1. The minimum atomic E-state index is -0.0577. The van der Waals surface area contributed by atoms with Gasteiger partial charge in [-0.05, 0) is 35.9 Å². The minimum absolute atomic E-state index is 0.0577. The fourth-order valence-corrected chi connectivity index (χ4v) is 3.71. The number of hydrogen-bond acceptors (Lipinski definition) is 2. The highest BCUT2D eigenvalue weighted by Crippen LogP contribution is 2.33. The summed E-state index contributed by atoms with van der Waals surface area (Å²) in [4.78, 5) is 22.3. The second-order valence-electron chi connectivity index (χ2n) is 6.56. The Morgan fingerprint density at radius 3 is 2.43 bits per heavy atom. The molecule has 4 rings (SSSR count). The van der Waals surface area contributed by atoms with Gasteiger partial charge in [-0.25, -0.2) is 4.98 Å². The van der Waals surface area contributed by atoms with Gasteiger partial charge in [-0.15, -0.1) is 0 Å². The van der Waals surface area contributed by atoms with Gasteiger partial charge in [0.15, 0.2) is 0 Å². The predicted molar refractivity (Wildman–Crippen MR) is 114 cm³/mol. The van der Waals surface area contributed by atoms with Crippen molar-refractivity contribution >= 4 is 40.1 Å². The molecule has 1 amide bonds.